The molecule has 2 fully saturated rings. The number of pyridine rings is 1. The van der Waals surface area contributed by atoms with Gasteiger partial charge in [0.15, 0.2) is 0 Å². The van der Waals surface area contributed by atoms with Gasteiger partial charge >= 0.3 is 0 Å². The van der Waals surface area contributed by atoms with Crippen LogP contribution < -0.4 is 0 Å². The summed E-state index contributed by atoms with van der Waals surface area (Å²) in [5.74, 6) is 1.06. The van der Waals surface area contributed by atoms with Gasteiger partial charge < -0.3 is 9.64 Å². The Balaban J connectivity index is 1.45. The number of hydrogen-bond acceptors (Lipinski definition) is 3. The largest absolute Gasteiger partial charge is 0.364 e. The molecule has 0 bridgehead atoms. The number of likely N-dealkylation sites (tertiary alicyclic amines) is 1. The number of aromatic nitrogens is 1. The third-order valence-electron chi connectivity index (χ3n) is 5.66. The monoisotopic (exact) mass is 336 g/mol. The molecular formula is C21H24N2O2. The number of nitrogens with zero attached hydrogens (tertiary/aromatic N) is 2. The molecule has 4 atom stereocenters. The summed E-state index contributed by atoms with van der Waals surface area (Å²) in [7, 11) is 0. The molecule has 25 heavy (non-hydrogen) atoms. The van der Waals surface area contributed by atoms with Crippen molar-refractivity contribution in [3.63, 3.8) is 0 Å². The number of ether oxygens (including phenoxy) is 1. The molecule has 1 aromatic heterocycles. The number of piperidine rings is 1. The second-order valence-corrected chi connectivity index (χ2v) is 7.16. The Morgan fingerprint density at radius 3 is 3.04 bits per heavy atom. The normalized spacial score (nSPS) is 28.8. The number of hydrogen-bond donors (Lipinski definition) is 0. The first-order chi connectivity index (χ1) is 12.2. The topological polar surface area (TPSA) is 45.7 Å². The lowest BCUT2D eigenvalue weighted by atomic mass is 9.81. The number of benzene rings is 1. The van der Waals surface area contributed by atoms with Crippen LogP contribution in [0.15, 0.2) is 49.2 Å². The van der Waals surface area contributed by atoms with E-state index >= 15 is 0 Å². The van der Waals surface area contributed by atoms with E-state index in [4.69, 9.17) is 4.74 Å². The van der Waals surface area contributed by atoms with Crippen LogP contribution in [0.1, 0.15) is 31.4 Å². The predicted octanol–water partition coefficient (Wildman–Crippen LogP) is 3.74. The van der Waals surface area contributed by atoms with Gasteiger partial charge in [-0.2, -0.15) is 0 Å². The summed E-state index contributed by atoms with van der Waals surface area (Å²) in [5.41, 5.74) is 2.26. The maximum atomic E-state index is 11.6. The van der Waals surface area contributed by atoms with Crippen LogP contribution in [0.4, 0.5) is 0 Å². The van der Waals surface area contributed by atoms with Crippen LogP contribution >= 0.6 is 0 Å². The van der Waals surface area contributed by atoms with Crippen LogP contribution in [-0.4, -0.2) is 35.0 Å². The van der Waals surface area contributed by atoms with Crippen molar-refractivity contribution in [3.8, 4) is 0 Å². The van der Waals surface area contributed by atoms with Crippen molar-refractivity contribution in [1.29, 1.82) is 0 Å². The minimum Gasteiger partial charge on any atom is -0.364 e. The van der Waals surface area contributed by atoms with Crippen molar-refractivity contribution in [1.82, 2.24) is 9.88 Å². The maximum Gasteiger partial charge on any atom is 0.219 e. The summed E-state index contributed by atoms with van der Waals surface area (Å²) >= 11 is 0. The van der Waals surface area contributed by atoms with E-state index in [1.54, 1.807) is 6.92 Å². The summed E-state index contributed by atoms with van der Waals surface area (Å²) < 4.78 is 6.04. The van der Waals surface area contributed by atoms with Gasteiger partial charge in [0.25, 0.3) is 0 Å². The molecule has 2 aliphatic rings. The van der Waals surface area contributed by atoms with Gasteiger partial charge in [-0.25, -0.2) is 0 Å². The molecule has 3 heterocycles. The average Bonchev–Trinajstić information content (AvgIpc) is 3.40. The Morgan fingerprint density at radius 1 is 1.40 bits per heavy atom. The van der Waals surface area contributed by atoms with Gasteiger partial charge in [0, 0.05) is 31.6 Å². The van der Waals surface area contributed by atoms with Crippen molar-refractivity contribution < 1.29 is 9.53 Å². The fourth-order valence-corrected chi connectivity index (χ4v) is 4.14. The highest BCUT2D eigenvalue weighted by molar-refractivity contribution is 5.82. The van der Waals surface area contributed by atoms with Gasteiger partial charge in [-0.3, -0.25) is 9.78 Å². The van der Waals surface area contributed by atoms with Gasteiger partial charge in [-0.1, -0.05) is 24.3 Å². The molecule has 0 saturated carbocycles. The minimum atomic E-state index is 0.161. The van der Waals surface area contributed by atoms with Crippen LogP contribution in [0.25, 0.3) is 10.9 Å². The fourth-order valence-electron chi connectivity index (χ4n) is 4.14. The smallest absolute Gasteiger partial charge is 0.219 e. The molecule has 0 radical (unpaired) electrons. The first-order valence-electron chi connectivity index (χ1n) is 9.04. The Hall–Kier alpha value is -2.20. The Kier molecular flexibility index (Phi) is 4.30. The van der Waals surface area contributed by atoms with Crippen LogP contribution in [-0.2, 0) is 9.53 Å². The van der Waals surface area contributed by atoms with Crippen molar-refractivity contribution in [2.24, 2.45) is 11.8 Å². The van der Waals surface area contributed by atoms with E-state index in [9.17, 15) is 4.79 Å². The van der Waals surface area contributed by atoms with E-state index in [1.807, 2.05) is 29.3 Å². The number of rotatable bonds is 4. The lowest BCUT2D eigenvalue weighted by Crippen LogP contribution is -2.42. The molecule has 4 heteroatoms. The van der Waals surface area contributed by atoms with Crippen LogP contribution in [0.2, 0.25) is 0 Å². The molecule has 4 nitrogen and oxygen atoms in total. The lowest BCUT2D eigenvalue weighted by molar-refractivity contribution is -0.131. The van der Waals surface area contributed by atoms with E-state index in [-0.39, 0.29) is 18.1 Å². The third kappa shape index (κ3) is 3.19. The van der Waals surface area contributed by atoms with Gasteiger partial charge in [0.05, 0.1) is 11.6 Å². The van der Waals surface area contributed by atoms with Crippen molar-refractivity contribution in [3.05, 3.63) is 54.7 Å². The molecule has 0 spiro atoms. The van der Waals surface area contributed by atoms with Crippen molar-refractivity contribution >= 4 is 16.8 Å². The second kappa shape index (κ2) is 6.60. The third-order valence-corrected chi connectivity index (χ3v) is 5.66. The maximum absolute atomic E-state index is 11.6. The first-order valence-corrected chi connectivity index (χ1v) is 9.04. The fraction of sp³-hybridized carbons (Fsp3) is 0.429. The van der Waals surface area contributed by atoms with E-state index in [0.717, 1.165) is 31.4 Å². The standard InChI is InChI=1S/C21H24N2O2/c1-3-15-13-23(14(2)24)11-9-16(15)12-20-21(25-20)18-8-10-22-19-7-5-4-6-17(18)19/h3-8,10,15-16,20-21H,1,9,11-13H2,2H3/t15-,16-,20?,21?/m0/s1. The Labute approximate surface area is 148 Å². The van der Waals surface area contributed by atoms with Crippen LogP contribution in [0.5, 0.6) is 0 Å². The van der Waals surface area contributed by atoms with E-state index in [1.165, 1.54) is 10.9 Å². The Bertz CT molecular complexity index is 798. The van der Waals surface area contributed by atoms with Gasteiger partial charge in [-0.05, 0) is 42.4 Å². The van der Waals surface area contributed by atoms with E-state index in [2.05, 4.69) is 29.8 Å². The molecule has 2 unspecified atom stereocenters. The van der Waals surface area contributed by atoms with Gasteiger partial charge in [0.1, 0.15) is 6.10 Å². The highest BCUT2D eigenvalue weighted by Gasteiger charge is 2.44. The van der Waals surface area contributed by atoms with E-state index in [0.29, 0.717) is 11.8 Å². The molecule has 2 saturated heterocycles. The number of carbonyl (C=O) groups excluding carboxylic acids is 1. The molecule has 2 aliphatic heterocycles. The molecule has 0 aliphatic carbocycles. The molecule has 0 N–H and O–H groups in total. The number of amides is 1. The zero-order valence-electron chi connectivity index (χ0n) is 14.6. The summed E-state index contributed by atoms with van der Waals surface area (Å²) in [6.45, 7) is 7.27. The quantitative estimate of drug-likeness (QED) is 0.631. The highest BCUT2D eigenvalue weighted by atomic mass is 16.6. The minimum absolute atomic E-state index is 0.161. The number of carbonyl (C=O) groups is 1. The van der Waals surface area contributed by atoms with Crippen molar-refractivity contribution in [2.45, 2.75) is 32.0 Å². The highest BCUT2D eigenvalue weighted by Crippen LogP contribution is 2.46. The summed E-state index contributed by atoms with van der Waals surface area (Å²) in [6, 6.07) is 10.3. The molecule has 1 amide bonds. The zero-order chi connectivity index (χ0) is 17.4. The SMILES string of the molecule is C=C[C@H]1CN(C(C)=O)CC[C@H]1CC1OC1c1ccnc2ccccc12. The number of para-hydroxylation sites is 1. The lowest BCUT2D eigenvalue weighted by Gasteiger charge is -2.36. The molecule has 2 aromatic rings. The number of epoxide rings is 1. The Morgan fingerprint density at radius 2 is 2.24 bits per heavy atom. The van der Waals surface area contributed by atoms with E-state index < -0.39 is 0 Å². The molecule has 4 rings (SSSR count). The molecular weight excluding hydrogens is 312 g/mol. The first kappa shape index (κ1) is 16.3. The summed E-state index contributed by atoms with van der Waals surface area (Å²) in [4.78, 5) is 18.0. The number of fused-ring (bicyclic) bond motifs is 1. The molecule has 1 aromatic carbocycles. The van der Waals surface area contributed by atoms with Gasteiger partial charge in [0.2, 0.25) is 5.91 Å². The molecule has 130 valence electrons. The predicted molar refractivity (Wildman–Crippen MR) is 98.0 cm³/mol. The summed E-state index contributed by atoms with van der Waals surface area (Å²) in [6.07, 6.45) is 6.38. The van der Waals surface area contributed by atoms with Crippen LogP contribution in [0, 0.1) is 11.8 Å². The zero-order valence-corrected chi connectivity index (χ0v) is 14.6. The average molecular weight is 336 g/mol. The van der Waals surface area contributed by atoms with Crippen LogP contribution in [0.3, 0.4) is 0 Å². The second-order valence-electron chi connectivity index (χ2n) is 7.16. The van der Waals surface area contributed by atoms with Gasteiger partial charge in [-0.15, -0.1) is 6.58 Å². The summed E-state index contributed by atoms with van der Waals surface area (Å²) in [5, 5.41) is 1.18. The van der Waals surface area contributed by atoms with Crippen molar-refractivity contribution in [2.75, 3.05) is 13.1 Å².